The van der Waals surface area contributed by atoms with Gasteiger partial charge in [-0.05, 0) is 54.5 Å². The first-order valence-electron chi connectivity index (χ1n) is 9.27. The highest BCUT2D eigenvalue weighted by molar-refractivity contribution is 5.37. The summed E-state index contributed by atoms with van der Waals surface area (Å²) in [6.07, 6.45) is -2.81. The van der Waals surface area contributed by atoms with Crippen molar-refractivity contribution >= 4 is 0 Å². The summed E-state index contributed by atoms with van der Waals surface area (Å²) < 4.78 is 5.78. The molecule has 3 rings (SSSR count). The zero-order valence-electron chi connectivity index (χ0n) is 15.6. The van der Waals surface area contributed by atoms with E-state index in [0.29, 0.717) is 0 Å². The number of aryl methyl sites for hydroxylation is 2. The Labute approximate surface area is 155 Å². The lowest BCUT2D eigenvalue weighted by Crippen LogP contribution is -2.53. The molecule has 0 bridgehead atoms. The lowest BCUT2D eigenvalue weighted by Gasteiger charge is -2.39. The van der Waals surface area contributed by atoms with Crippen LogP contribution >= 0.6 is 0 Å². The summed E-state index contributed by atoms with van der Waals surface area (Å²) >= 11 is 0. The van der Waals surface area contributed by atoms with Crippen LogP contribution in [0.4, 0.5) is 0 Å². The molecule has 4 heteroatoms. The van der Waals surface area contributed by atoms with Gasteiger partial charge < -0.3 is 20.1 Å². The molecule has 0 aromatic heterocycles. The molecule has 140 valence electrons. The molecule has 2 aromatic carbocycles. The lowest BCUT2D eigenvalue weighted by molar-refractivity contribution is -0.219. The number of ether oxygens (including phenoxy) is 1. The van der Waals surface area contributed by atoms with Crippen molar-refractivity contribution in [2.45, 2.75) is 64.1 Å². The molecule has 3 N–H and O–H groups in total. The van der Waals surface area contributed by atoms with Crippen LogP contribution in [-0.4, -0.2) is 39.7 Å². The maximum atomic E-state index is 10.4. The molecule has 5 atom stereocenters. The second-order valence-corrected chi connectivity index (χ2v) is 7.27. The second kappa shape index (κ2) is 7.89. The average molecular weight is 356 g/mol. The van der Waals surface area contributed by atoms with Crippen molar-refractivity contribution < 1.29 is 20.1 Å². The van der Waals surface area contributed by atoms with E-state index in [2.05, 4.69) is 38.1 Å². The first-order valence-corrected chi connectivity index (χ1v) is 9.27. The quantitative estimate of drug-likeness (QED) is 0.788. The van der Waals surface area contributed by atoms with Gasteiger partial charge in [-0.2, -0.15) is 0 Å². The van der Waals surface area contributed by atoms with Crippen LogP contribution in [0.2, 0.25) is 0 Å². The van der Waals surface area contributed by atoms with Crippen LogP contribution in [-0.2, 0) is 17.6 Å². The van der Waals surface area contributed by atoms with Gasteiger partial charge in [0.1, 0.15) is 24.4 Å². The van der Waals surface area contributed by atoms with Crippen LogP contribution in [0.5, 0.6) is 0 Å². The lowest BCUT2D eigenvalue weighted by atomic mass is 9.89. The molecule has 0 radical (unpaired) electrons. The fourth-order valence-corrected chi connectivity index (χ4v) is 3.50. The zero-order valence-corrected chi connectivity index (χ0v) is 15.6. The van der Waals surface area contributed by atoms with Crippen LogP contribution in [0.15, 0.2) is 42.5 Å². The molecule has 1 heterocycles. The van der Waals surface area contributed by atoms with E-state index in [-0.39, 0.29) is 0 Å². The molecule has 2 aromatic rings. The Hall–Kier alpha value is -1.72. The minimum Gasteiger partial charge on any atom is -0.388 e. The zero-order chi connectivity index (χ0) is 18.8. The Morgan fingerprint density at radius 1 is 0.885 bits per heavy atom. The molecule has 1 saturated heterocycles. The fourth-order valence-electron chi connectivity index (χ4n) is 3.50. The van der Waals surface area contributed by atoms with E-state index in [1.165, 1.54) is 16.7 Å². The van der Waals surface area contributed by atoms with Gasteiger partial charge in [0.2, 0.25) is 0 Å². The van der Waals surface area contributed by atoms with Crippen molar-refractivity contribution in [3.63, 3.8) is 0 Å². The summed E-state index contributed by atoms with van der Waals surface area (Å²) in [6, 6.07) is 14.6. The molecule has 0 saturated carbocycles. The van der Waals surface area contributed by atoms with Gasteiger partial charge in [0.15, 0.2) is 0 Å². The van der Waals surface area contributed by atoms with Gasteiger partial charge in [0.25, 0.3) is 0 Å². The Bertz CT molecular complexity index is 740. The van der Waals surface area contributed by atoms with Crippen molar-refractivity contribution in [3.05, 3.63) is 70.3 Å². The maximum absolute atomic E-state index is 10.4. The number of aliphatic hydroxyl groups excluding tert-OH is 3. The predicted octanol–water partition coefficient (Wildman–Crippen LogP) is 2.69. The molecule has 0 spiro atoms. The summed E-state index contributed by atoms with van der Waals surface area (Å²) in [4.78, 5) is 0. The van der Waals surface area contributed by atoms with E-state index in [4.69, 9.17) is 4.74 Å². The summed E-state index contributed by atoms with van der Waals surface area (Å²) in [5, 5.41) is 30.3. The van der Waals surface area contributed by atoms with E-state index in [1.54, 1.807) is 6.92 Å². The number of hydrogen-bond donors (Lipinski definition) is 3. The van der Waals surface area contributed by atoms with Crippen LogP contribution in [0.3, 0.4) is 0 Å². The van der Waals surface area contributed by atoms with Crippen molar-refractivity contribution in [2.24, 2.45) is 0 Å². The van der Waals surface area contributed by atoms with Crippen LogP contribution in [0.25, 0.3) is 0 Å². The minimum atomic E-state index is -1.21. The molecule has 1 fully saturated rings. The third-order valence-corrected chi connectivity index (χ3v) is 5.38. The number of hydrogen-bond acceptors (Lipinski definition) is 4. The first-order chi connectivity index (χ1) is 12.4. The Morgan fingerprint density at radius 3 is 2.19 bits per heavy atom. The fraction of sp³-hybridized carbons (Fsp3) is 0.455. The normalized spacial score (nSPS) is 28.9. The maximum Gasteiger partial charge on any atom is 0.113 e. The third-order valence-electron chi connectivity index (χ3n) is 5.38. The van der Waals surface area contributed by atoms with E-state index in [1.807, 2.05) is 18.2 Å². The Morgan fingerprint density at radius 2 is 1.54 bits per heavy atom. The van der Waals surface area contributed by atoms with Crippen LogP contribution < -0.4 is 0 Å². The predicted molar refractivity (Wildman–Crippen MR) is 101 cm³/mol. The van der Waals surface area contributed by atoms with Gasteiger partial charge in [-0.3, -0.25) is 0 Å². The largest absolute Gasteiger partial charge is 0.388 e. The average Bonchev–Trinajstić information content (AvgIpc) is 2.65. The molecule has 0 aliphatic carbocycles. The van der Waals surface area contributed by atoms with Crippen LogP contribution in [0, 0.1) is 6.92 Å². The van der Waals surface area contributed by atoms with Crippen molar-refractivity contribution in [2.75, 3.05) is 0 Å². The standard InChI is InChI=1S/C22H28O4/c1-4-15-6-8-16(9-7-15)11-18-12-17(10-5-13(18)2)22-21(25)20(24)19(23)14(3)26-22/h5-10,12,14,19-25H,4,11H2,1-3H3. The highest BCUT2D eigenvalue weighted by Crippen LogP contribution is 2.33. The van der Waals surface area contributed by atoms with E-state index < -0.39 is 30.5 Å². The van der Waals surface area contributed by atoms with Crippen molar-refractivity contribution in [1.29, 1.82) is 0 Å². The molecule has 1 aliphatic rings. The summed E-state index contributed by atoms with van der Waals surface area (Å²) in [7, 11) is 0. The van der Waals surface area contributed by atoms with Crippen molar-refractivity contribution in [1.82, 2.24) is 0 Å². The second-order valence-electron chi connectivity index (χ2n) is 7.27. The summed E-state index contributed by atoms with van der Waals surface area (Å²) in [5.74, 6) is 0. The molecule has 26 heavy (non-hydrogen) atoms. The topological polar surface area (TPSA) is 69.9 Å². The number of aliphatic hydroxyl groups is 3. The van der Waals surface area contributed by atoms with E-state index in [0.717, 1.165) is 24.0 Å². The molecular formula is C22H28O4. The van der Waals surface area contributed by atoms with Gasteiger partial charge in [-0.25, -0.2) is 0 Å². The summed E-state index contributed by atoms with van der Waals surface area (Å²) in [5.41, 5.74) is 5.71. The van der Waals surface area contributed by atoms with Gasteiger partial charge >= 0.3 is 0 Å². The number of benzene rings is 2. The van der Waals surface area contributed by atoms with Crippen molar-refractivity contribution in [3.8, 4) is 0 Å². The molecule has 4 nitrogen and oxygen atoms in total. The van der Waals surface area contributed by atoms with Crippen LogP contribution in [0.1, 0.15) is 47.8 Å². The highest BCUT2D eigenvalue weighted by atomic mass is 16.5. The third kappa shape index (κ3) is 3.84. The minimum absolute atomic E-state index is 0.537. The van der Waals surface area contributed by atoms with Gasteiger partial charge in [-0.15, -0.1) is 0 Å². The van der Waals surface area contributed by atoms with E-state index >= 15 is 0 Å². The Kier molecular flexibility index (Phi) is 5.78. The van der Waals surface area contributed by atoms with Gasteiger partial charge in [-0.1, -0.05) is 49.4 Å². The smallest absolute Gasteiger partial charge is 0.113 e. The molecular weight excluding hydrogens is 328 g/mol. The molecule has 0 amide bonds. The van der Waals surface area contributed by atoms with Gasteiger partial charge in [0, 0.05) is 0 Å². The number of rotatable bonds is 4. The molecule has 1 aliphatic heterocycles. The summed E-state index contributed by atoms with van der Waals surface area (Å²) in [6.45, 7) is 5.92. The highest BCUT2D eigenvalue weighted by Gasteiger charge is 2.42. The SMILES string of the molecule is CCc1ccc(Cc2cc(C3OC(C)C(O)C(O)C3O)ccc2C)cc1. The Balaban J connectivity index is 1.85. The van der Waals surface area contributed by atoms with Gasteiger partial charge in [0.05, 0.1) is 6.10 Å². The first kappa shape index (κ1) is 19.1. The molecule has 5 unspecified atom stereocenters. The van der Waals surface area contributed by atoms with E-state index in [9.17, 15) is 15.3 Å². The monoisotopic (exact) mass is 356 g/mol.